The molecule has 1 N–H and O–H groups in total. The number of ether oxygens (including phenoxy) is 1. The Morgan fingerprint density at radius 3 is 2.56 bits per heavy atom. The SMILES string of the molecule is CCCCCNC(C(=O)OC)c1ccc(F)cc1. The van der Waals surface area contributed by atoms with Gasteiger partial charge in [-0.1, -0.05) is 31.9 Å². The molecule has 100 valence electrons. The van der Waals surface area contributed by atoms with Crippen molar-refractivity contribution >= 4 is 5.97 Å². The van der Waals surface area contributed by atoms with Crippen LogP contribution in [0.25, 0.3) is 0 Å². The number of carbonyl (C=O) groups is 1. The molecule has 1 aromatic carbocycles. The summed E-state index contributed by atoms with van der Waals surface area (Å²) in [5, 5.41) is 3.14. The molecule has 1 unspecified atom stereocenters. The van der Waals surface area contributed by atoms with Gasteiger partial charge in [-0.15, -0.1) is 0 Å². The van der Waals surface area contributed by atoms with Crippen LogP contribution in [0.3, 0.4) is 0 Å². The van der Waals surface area contributed by atoms with E-state index in [-0.39, 0.29) is 11.8 Å². The molecular formula is C14H20FNO2. The Labute approximate surface area is 107 Å². The summed E-state index contributed by atoms with van der Waals surface area (Å²) in [6.07, 6.45) is 3.25. The van der Waals surface area contributed by atoms with Crippen LogP contribution in [-0.2, 0) is 9.53 Å². The number of nitrogens with one attached hydrogen (secondary N) is 1. The highest BCUT2D eigenvalue weighted by molar-refractivity contribution is 5.77. The fraction of sp³-hybridized carbons (Fsp3) is 0.500. The molecule has 0 aliphatic carbocycles. The molecule has 0 saturated heterocycles. The van der Waals surface area contributed by atoms with Gasteiger partial charge in [0, 0.05) is 0 Å². The van der Waals surface area contributed by atoms with Gasteiger partial charge in [0.05, 0.1) is 7.11 Å². The number of rotatable bonds is 7. The van der Waals surface area contributed by atoms with Crippen molar-refractivity contribution in [1.82, 2.24) is 5.32 Å². The van der Waals surface area contributed by atoms with Crippen molar-refractivity contribution in [1.29, 1.82) is 0 Å². The number of halogens is 1. The quantitative estimate of drug-likeness (QED) is 0.600. The van der Waals surface area contributed by atoms with E-state index in [4.69, 9.17) is 4.74 Å². The molecule has 4 heteroatoms. The number of methoxy groups -OCH3 is 1. The zero-order valence-corrected chi connectivity index (χ0v) is 10.9. The van der Waals surface area contributed by atoms with Crippen molar-refractivity contribution in [2.45, 2.75) is 32.2 Å². The number of esters is 1. The van der Waals surface area contributed by atoms with E-state index in [1.54, 1.807) is 12.1 Å². The number of hydrogen-bond acceptors (Lipinski definition) is 3. The van der Waals surface area contributed by atoms with Crippen molar-refractivity contribution in [3.8, 4) is 0 Å². The molecule has 0 heterocycles. The minimum Gasteiger partial charge on any atom is -0.468 e. The maximum absolute atomic E-state index is 12.8. The molecule has 0 saturated carbocycles. The van der Waals surface area contributed by atoms with Gasteiger partial charge >= 0.3 is 5.97 Å². The summed E-state index contributed by atoms with van der Waals surface area (Å²) in [7, 11) is 1.35. The van der Waals surface area contributed by atoms with Crippen molar-refractivity contribution in [2.24, 2.45) is 0 Å². The summed E-state index contributed by atoms with van der Waals surface area (Å²) in [5.74, 6) is -0.661. The van der Waals surface area contributed by atoms with E-state index in [1.807, 2.05) is 0 Å². The van der Waals surface area contributed by atoms with Crippen LogP contribution >= 0.6 is 0 Å². The zero-order chi connectivity index (χ0) is 13.4. The highest BCUT2D eigenvalue weighted by Crippen LogP contribution is 2.15. The van der Waals surface area contributed by atoms with E-state index in [9.17, 15) is 9.18 Å². The van der Waals surface area contributed by atoms with Crippen LogP contribution in [-0.4, -0.2) is 19.6 Å². The summed E-state index contributed by atoms with van der Waals surface area (Å²) >= 11 is 0. The Kier molecular flexibility index (Phi) is 6.36. The molecule has 1 atom stereocenters. The normalized spacial score (nSPS) is 12.2. The Balaban J connectivity index is 2.66. The third kappa shape index (κ3) is 4.45. The Morgan fingerprint density at radius 2 is 2.00 bits per heavy atom. The molecule has 0 bridgehead atoms. The molecular weight excluding hydrogens is 233 g/mol. The zero-order valence-electron chi connectivity index (χ0n) is 10.9. The maximum Gasteiger partial charge on any atom is 0.327 e. The van der Waals surface area contributed by atoms with Crippen LogP contribution in [0, 0.1) is 5.82 Å². The Bertz CT molecular complexity index is 365. The lowest BCUT2D eigenvalue weighted by molar-refractivity contribution is -0.143. The first-order valence-electron chi connectivity index (χ1n) is 6.25. The molecule has 0 fully saturated rings. The van der Waals surface area contributed by atoms with E-state index < -0.39 is 6.04 Å². The van der Waals surface area contributed by atoms with Crippen molar-refractivity contribution in [3.63, 3.8) is 0 Å². The molecule has 0 radical (unpaired) electrons. The molecule has 0 spiro atoms. The third-order valence-electron chi connectivity index (χ3n) is 2.77. The van der Waals surface area contributed by atoms with E-state index in [2.05, 4.69) is 12.2 Å². The van der Waals surface area contributed by atoms with Gasteiger partial charge in [-0.05, 0) is 30.7 Å². The second-order valence-corrected chi connectivity index (χ2v) is 4.17. The van der Waals surface area contributed by atoms with Gasteiger partial charge in [-0.3, -0.25) is 0 Å². The van der Waals surface area contributed by atoms with Gasteiger partial charge in [0.15, 0.2) is 0 Å². The smallest absolute Gasteiger partial charge is 0.327 e. The van der Waals surface area contributed by atoms with Crippen LogP contribution in [0.2, 0.25) is 0 Å². The maximum atomic E-state index is 12.8. The monoisotopic (exact) mass is 253 g/mol. The first kappa shape index (κ1) is 14.6. The van der Waals surface area contributed by atoms with Gasteiger partial charge in [0.1, 0.15) is 11.9 Å². The number of benzene rings is 1. The average molecular weight is 253 g/mol. The van der Waals surface area contributed by atoms with E-state index in [0.29, 0.717) is 0 Å². The summed E-state index contributed by atoms with van der Waals surface area (Å²) in [6.45, 7) is 2.86. The molecule has 0 amide bonds. The van der Waals surface area contributed by atoms with Crippen molar-refractivity contribution in [2.75, 3.05) is 13.7 Å². The van der Waals surface area contributed by atoms with Crippen LogP contribution in [0.4, 0.5) is 4.39 Å². The largest absolute Gasteiger partial charge is 0.468 e. The van der Waals surface area contributed by atoms with Crippen LogP contribution in [0.5, 0.6) is 0 Å². The molecule has 1 rings (SSSR count). The van der Waals surface area contributed by atoms with E-state index >= 15 is 0 Å². The number of hydrogen-bond donors (Lipinski definition) is 1. The average Bonchev–Trinajstić information content (AvgIpc) is 2.39. The molecule has 0 aromatic heterocycles. The van der Waals surface area contributed by atoms with Crippen molar-refractivity contribution < 1.29 is 13.9 Å². The van der Waals surface area contributed by atoms with Crippen LogP contribution in [0.1, 0.15) is 37.8 Å². The van der Waals surface area contributed by atoms with Gasteiger partial charge < -0.3 is 10.1 Å². The first-order valence-corrected chi connectivity index (χ1v) is 6.25. The highest BCUT2D eigenvalue weighted by Gasteiger charge is 2.20. The predicted molar refractivity (Wildman–Crippen MR) is 68.7 cm³/mol. The van der Waals surface area contributed by atoms with E-state index in [1.165, 1.54) is 19.2 Å². The standard InChI is InChI=1S/C14H20FNO2/c1-3-4-5-10-16-13(14(17)18-2)11-6-8-12(15)9-7-11/h6-9,13,16H,3-5,10H2,1-2H3. The fourth-order valence-electron chi connectivity index (χ4n) is 1.73. The van der Waals surface area contributed by atoms with Gasteiger partial charge in [-0.25, -0.2) is 9.18 Å². The fourth-order valence-corrected chi connectivity index (χ4v) is 1.73. The lowest BCUT2D eigenvalue weighted by Crippen LogP contribution is -2.30. The van der Waals surface area contributed by atoms with Crippen LogP contribution in [0.15, 0.2) is 24.3 Å². The second kappa shape index (κ2) is 7.82. The van der Waals surface area contributed by atoms with Gasteiger partial charge in [-0.2, -0.15) is 0 Å². The lowest BCUT2D eigenvalue weighted by Gasteiger charge is -2.16. The summed E-state index contributed by atoms with van der Waals surface area (Å²) in [4.78, 5) is 11.7. The molecule has 0 aliphatic heterocycles. The number of unbranched alkanes of at least 4 members (excludes halogenated alkanes) is 2. The lowest BCUT2D eigenvalue weighted by atomic mass is 10.1. The minimum atomic E-state index is -0.521. The summed E-state index contributed by atoms with van der Waals surface area (Å²) in [5.41, 5.74) is 0.722. The Morgan fingerprint density at radius 1 is 1.33 bits per heavy atom. The highest BCUT2D eigenvalue weighted by atomic mass is 19.1. The molecule has 18 heavy (non-hydrogen) atoms. The first-order chi connectivity index (χ1) is 8.69. The summed E-state index contributed by atoms with van der Waals surface area (Å²) in [6, 6.07) is 5.37. The van der Waals surface area contributed by atoms with E-state index in [0.717, 1.165) is 31.4 Å². The number of carbonyl (C=O) groups excluding carboxylic acids is 1. The van der Waals surface area contributed by atoms with Crippen molar-refractivity contribution in [3.05, 3.63) is 35.6 Å². The van der Waals surface area contributed by atoms with Gasteiger partial charge in [0.2, 0.25) is 0 Å². The topological polar surface area (TPSA) is 38.3 Å². The second-order valence-electron chi connectivity index (χ2n) is 4.17. The van der Waals surface area contributed by atoms with Gasteiger partial charge in [0.25, 0.3) is 0 Å². The molecule has 3 nitrogen and oxygen atoms in total. The van der Waals surface area contributed by atoms with Crippen LogP contribution < -0.4 is 5.32 Å². The molecule has 0 aliphatic rings. The summed E-state index contributed by atoms with van der Waals surface area (Å²) < 4.78 is 17.6. The third-order valence-corrected chi connectivity index (χ3v) is 2.77. The molecule has 1 aromatic rings. The predicted octanol–water partition coefficient (Wildman–Crippen LogP) is 2.82. The Hall–Kier alpha value is -1.42. The minimum absolute atomic E-state index is 0.312.